The molecule has 0 atom stereocenters. The number of rotatable bonds is 5. The second-order valence-corrected chi connectivity index (χ2v) is 4.84. The van der Waals surface area contributed by atoms with Crippen molar-refractivity contribution in [2.75, 3.05) is 11.9 Å². The Morgan fingerprint density at radius 2 is 1.67 bits per heavy atom. The molecular weight excluding hydrogens is 258 g/mol. The summed E-state index contributed by atoms with van der Waals surface area (Å²) in [5, 5.41) is 3.35. The van der Waals surface area contributed by atoms with Gasteiger partial charge in [0.15, 0.2) is 0 Å². The number of nitrogens with zero attached hydrogens (tertiary/aromatic N) is 2. The normalized spacial score (nSPS) is 10.3. The Balaban J connectivity index is 1.58. The van der Waals surface area contributed by atoms with Gasteiger partial charge in [0.05, 0.1) is 0 Å². The minimum atomic E-state index is 0.878. The number of hydrogen-bond acceptors (Lipinski definition) is 3. The molecule has 0 aliphatic heterocycles. The van der Waals surface area contributed by atoms with Crippen LogP contribution in [0.5, 0.6) is 0 Å². The molecule has 3 heteroatoms. The Hall–Kier alpha value is -2.68. The van der Waals surface area contributed by atoms with E-state index in [1.54, 1.807) is 6.20 Å². The molecule has 0 unspecified atom stereocenters. The van der Waals surface area contributed by atoms with Crippen molar-refractivity contribution in [3.05, 3.63) is 78.8 Å². The van der Waals surface area contributed by atoms with E-state index in [4.69, 9.17) is 0 Å². The van der Waals surface area contributed by atoms with Crippen molar-refractivity contribution in [3.63, 3.8) is 0 Å². The summed E-state index contributed by atoms with van der Waals surface area (Å²) in [4.78, 5) is 8.57. The molecule has 0 aliphatic carbocycles. The molecule has 0 fully saturated rings. The summed E-state index contributed by atoms with van der Waals surface area (Å²) in [6.07, 6.45) is 6.49. The molecule has 21 heavy (non-hydrogen) atoms. The summed E-state index contributed by atoms with van der Waals surface area (Å²) in [5.74, 6) is 0.901. The van der Waals surface area contributed by atoms with Gasteiger partial charge in [-0.05, 0) is 30.2 Å². The lowest BCUT2D eigenvalue weighted by molar-refractivity contribution is 1.01. The van der Waals surface area contributed by atoms with Crippen LogP contribution in [-0.4, -0.2) is 16.5 Å². The largest absolute Gasteiger partial charge is 0.370 e. The van der Waals surface area contributed by atoms with E-state index in [1.165, 1.54) is 5.56 Å². The fourth-order valence-electron chi connectivity index (χ4n) is 2.18. The van der Waals surface area contributed by atoms with Crippen LogP contribution in [0.2, 0.25) is 0 Å². The molecule has 0 amide bonds. The molecule has 2 heterocycles. The van der Waals surface area contributed by atoms with Crippen LogP contribution in [0.25, 0.3) is 11.1 Å². The van der Waals surface area contributed by atoms with Crippen LogP contribution in [0.15, 0.2) is 73.2 Å². The van der Waals surface area contributed by atoms with Crippen LogP contribution >= 0.6 is 0 Å². The monoisotopic (exact) mass is 275 g/mol. The number of anilines is 1. The smallest absolute Gasteiger partial charge is 0.125 e. The molecule has 104 valence electrons. The van der Waals surface area contributed by atoms with Crippen molar-refractivity contribution in [2.24, 2.45) is 0 Å². The number of hydrogen-bond donors (Lipinski definition) is 1. The predicted molar refractivity (Wildman–Crippen MR) is 86.1 cm³/mol. The summed E-state index contributed by atoms with van der Waals surface area (Å²) in [6, 6.07) is 18.5. The highest BCUT2D eigenvalue weighted by atomic mass is 15.0. The molecule has 1 N–H and O–H groups in total. The third-order valence-corrected chi connectivity index (χ3v) is 3.32. The third kappa shape index (κ3) is 3.66. The van der Waals surface area contributed by atoms with Gasteiger partial charge in [0.2, 0.25) is 0 Å². The van der Waals surface area contributed by atoms with E-state index in [0.717, 1.165) is 29.9 Å². The second kappa shape index (κ2) is 6.66. The van der Waals surface area contributed by atoms with Crippen molar-refractivity contribution in [3.8, 4) is 11.1 Å². The number of nitrogens with one attached hydrogen (secondary N) is 1. The average molecular weight is 275 g/mol. The quantitative estimate of drug-likeness (QED) is 0.769. The van der Waals surface area contributed by atoms with Crippen molar-refractivity contribution >= 4 is 5.82 Å². The minimum absolute atomic E-state index is 0.878. The maximum Gasteiger partial charge on any atom is 0.125 e. The van der Waals surface area contributed by atoms with Gasteiger partial charge in [-0.15, -0.1) is 0 Å². The molecule has 3 rings (SSSR count). The van der Waals surface area contributed by atoms with Gasteiger partial charge >= 0.3 is 0 Å². The summed E-state index contributed by atoms with van der Waals surface area (Å²) in [5.41, 5.74) is 3.49. The first-order valence-electron chi connectivity index (χ1n) is 7.06. The average Bonchev–Trinajstić information content (AvgIpc) is 2.57. The predicted octanol–water partition coefficient (Wildman–Crippen LogP) is 3.80. The van der Waals surface area contributed by atoms with E-state index in [0.29, 0.717) is 0 Å². The van der Waals surface area contributed by atoms with Crippen LogP contribution in [0.1, 0.15) is 5.56 Å². The minimum Gasteiger partial charge on any atom is -0.370 e. The first-order valence-corrected chi connectivity index (χ1v) is 7.06. The van der Waals surface area contributed by atoms with Crippen molar-refractivity contribution in [2.45, 2.75) is 6.42 Å². The Bertz CT molecular complexity index is 664. The fraction of sp³-hybridized carbons (Fsp3) is 0.111. The number of benzene rings is 1. The van der Waals surface area contributed by atoms with E-state index in [1.807, 2.05) is 36.7 Å². The SMILES string of the molecule is c1ccc(CCNc2ccc(-c3cccnc3)cn2)cc1. The van der Waals surface area contributed by atoms with E-state index in [-0.39, 0.29) is 0 Å². The molecule has 0 aliphatic rings. The van der Waals surface area contributed by atoms with Gasteiger partial charge in [0.25, 0.3) is 0 Å². The van der Waals surface area contributed by atoms with Gasteiger partial charge in [-0.3, -0.25) is 4.98 Å². The van der Waals surface area contributed by atoms with Gasteiger partial charge in [-0.25, -0.2) is 4.98 Å². The van der Waals surface area contributed by atoms with E-state index in [2.05, 4.69) is 45.6 Å². The van der Waals surface area contributed by atoms with Crippen LogP contribution in [-0.2, 0) is 6.42 Å². The molecule has 0 radical (unpaired) electrons. The number of pyridine rings is 2. The molecule has 2 aromatic heterocycles. The molecule has 0 bridgehead atoms. The molecule has 0 saturated heterocycles. The lowest BCUT2D eigenvalue weighted by atomic mass is 10.1. The first kappa shape index (κ1) is 13.3. The van der Waals surface area contributed by atoms with E-state index >= 15 is 0 Å². The van der Waals surface area contributed by atoms with Crippen LogP contribution in [0, 0.1) is 0 Å². The van der Waals surface area contributed by atoms with Gasteiger partial charge in [-0.1, -0.05) is 36.4 Å². The summed E-state index contributed by atoms with van der Waals surface area (Å²) >= 11 is 0. The summed E-state index contributed by atoms with van der Waals surface area (Å²) < 4.78 is 0. The fourth-order valence-corrected chi connectivity index (χ4v) is 2.18. The highest BCUT2D eigenvalue weighted by Crippen LogP contribution is 2.18. The molecule has 0 saturated carbocycles. The zero-order valence-electron chi connectivity index (χ0n) is 11.7. The van der Waals surface area contributed by atoms with Crippen LogP contribution in [0.4, 0.5) is 5.82 Å². The topological polar surface area (TPSA) is 37.8 Å². The van der Waals surface area contributed by atoms with Gasteiger partial charge in [0, 0.05) is 36.3 Å². The second-order valence-electron chi connectivity index (χ2n) is 4.84. The Morgan fingerprint density at radius 1 is 0.810 bits per heavy atom. The molecule has 0 spiro atoms. The van der Waals surface area contributed by atoms with Crippen LogP contribution < -0.4 is 5.32 Å². The van der Waals surface area contributed by atoms with Gasteiger partial charge in [0.1, 0.15) is 5.82 Å². The van der Waals surface area contributed by atoms with Crippen molar-refractivity contribution < 1.29 is 0 Å². The molecule has 3 aromatic rings. The zero-order chi connectivity index (χ0) is 14.3. The Morgan fingerprint density at radius 3 is 2.38 bits per heavy atom. The third-order valence-electron chi connectivity index (χ3n) is 3.32. The van der Waals surface area contributed by atoms with Gasteiger partial charge in [-0.2, -0.15) is 0 Å². The number of aromatic nitrogens is 2. The summed E-state index contributed by atoms with van der Waals surface area (Å²) in [7, 11) is 0. The first-order chi connectivity index (χ1) is 10.4. The molecule has 3 nitrogen and oxygen atoms in total. The Kier molecular flexibility index (Phi) is 4.22. The Labute approximate surface area is 124 Å². The lowest BCUT2D eigenvalue weighted by Gasteiger charge is -2.07. The summed E-state index contributed by atoms with van der Waals surface area (Å²) in [6.45, 7) is 0.878. The standard InChI is InChI=1S/C18H17N3/c1-2-5-15(6-3-1)10-12-20-18-9-8-17(14-21-18)16-7-4-11-19-13-16/h1-9,11,13-14H,10,12H2,(H,20,21). The van der Waals surface area contributed by atoms with Crippen LogP contribution in [0.3, 0.4) is 0 Å². The van der Waals surface area contributed by atoms with Gasteiger partial charge < -0.3 is 5.32 Å². The van der Waals surface area contributed by atoms with Crippen molar-refractivity contribution in [1.29, 1.82) is 0 Å². The van der Waals surface area contributed by atoms with E-state index < -0.39 is 0 Å². The lowest BCUT2D eigenvalue weighted by Crippen LogP contribution is -2.05. The molecule has 1 aromatic carbocycles. The molecular formula is C18H17N3. The highest BCUT2D eigenvalue weighted by molar-refractivity contribution is 5.62. The maximum atomic E-state index is 4.45. The highest BCUT2D eigenvalue weighted by Gasteiger charge is 1.99. The van der Waals surface area contributed by atoms with E-state index in [9.17, 15) is 0 Å². The zero-order valence-corrected chi connectivity index (χ0v) is 11.7. The van der Waals surface area contributed by atoms with Crippen molar-refractivity contribution in [1.82, 2.24) is 9.97 Å². The maximum absolute atomic E-state index is 4.45.